The molecule has 0 spiro atoms. The Morgan fingerprint density at radius 1 is 1.15 bits per heavy atom. The van der Waals surface area contributed by atoms with Crippen LogP contribution in [0.15, 0.2) is 36.4 Å². The number of para-hydroxylation sites is 1. The number of benzene rings is 2. The molecule has 0 heterocycles. The summed E-state index contributed by atoms with van der Waals surface area (Å²) in [6.45, 7) is 3.24. The summed E-state index contributed by atoms with van der Waals surface area (Å²) in [7, 11) is 0. The number of halogens is 2. The van der Waals surface area contributed by atoms with E-state index in [1.54, 1.807) is 31.2 Å². The molecule has 2 aromatic rings. The molecule has 102 valence electrons. The van der Waals surface area contributed by atoms with Gasteiger partial charge >= 0.3 is 0 Å². The molecule has 0 aliphatic carbocycles. The summed E-state index contributed by atoms with van der Waals surface area (Å²) in [6.07, 6.45) is 0. The molecule has 2 nitrogen and oxygen atoms in total. The van der Waals surface area contributed by atoms with Crippen molar-refractivity contribution in [1.82, 2.24) is 0 Å². The van der Waals surface area contributed by atoms with E-state index in [1.165, 1.54) is 19.1 Å². The fraction of sp³-hybridized carbons (Fsp3) is 0.188. The zero-order chi connectivity index (χ0) is 14.7. The molecule has 1 atom stereocenters. The van der Waals surface area contributed by atoms with Gasteiger partial charge < -0.3 is 5.32 Å². The lowest BCUT2D eigenvalue weighted by molar-refractivity contribution is 0.571. The van der Waals surface area contributed by atoms with Crippen LogP contribution in [0.3, 0.4) is 0 Å². The zero-order valence-electron chi connectivity index (χ0n) is 11.2. The molecule has 2 aromatic carbocycles. The first-order valence-electron chi connectivity index (χ1n) is 6.24. The molecule has 0 saturated heterocycles. The van der Waals surface area contributed by atoms with Gasteiger partial charge in [0.1, 0.15) is 17.7 Å². The highest BCUT2D eigenvalue weighted by Crippen LogP contribution is 2.25. The standard InChI is InChI=1S/C16H14F2N2/c1-10-7-15(18)13(8-14(10)17)11(2)20-16-6-4-3-5-12(16)9-19/h3-8,11,20H,1-2H3. The maximum absolute atomic E-state index is 13.9. The number of aryl methyl sites for hydroxylation is 1. The van der Waals surface area contributed by atoms with Crippen molar-refractivity contribution in [2.24, 2.45) is 0 Å². The van der Waals surface area contributed by atoms with Crippen molar-refractivity contribution in [2.45, 2.75) is 19.9 Å². The lowest BCUT2D eigenvalue weighted by atomic mass is 10.0. The Kier molecular flexibility index (Phi) is 3.99. The summed E-state index contributed by atoms with van der Waals surface area (Å²) in [6, 6.07) is 10.9. The number of hydrogen-bond acceptors (Lipinski definition) is 2. The van der Waals surface area contributed by atoms with Gasteiger partial charge in [0.15, 0.2) is 0 Å². The van der Waals surface area contributed by atoms with Crippen LogP contribution in [0, 0.1) is 29.9 Å². The predicted octanol–water partition coefficient (Wildman–Crippen LogP) is 4.32. The van der Waals surface area contributed by atoms with Gasteiger partial charge in [0, 0.05) is 5.56 Å². The molecule has 0 fully saturated rings. The van der Waals surface area contributed by atoms with E-state index >= 15 is 0 Å². The van der Waals surface area contributed by atoms with Gasteiger partial charge in [-0.3, -0.25) is 0 Å². The molecule has 4 heteroatoms. The molecule has 0 amide bonds. The van der Waals surface area contributed by atoms with Crippen molar-refractivity contribution in [3.05, 3.63) is 64.7 Å². The van der Waals surface area contributed by atoms with E-state index in [0.29, 0.717) is 11.3 Å². The Hall–Kier alpha value is -2.41. The van der Waals surface area contributed by atoms with Crippen LogP contribution in [-0.4, -0.2) is 0 Å². The van der Waals surface area contributed by atoms with E-state index in [0.717, 1.165) is 0 Å². The van der Waals surface area contributed by atoms with Crippen LogP contribution in [0.25, 0.3) is 0 Å². The topological polar surface area (TPSA) is 35.8 Å². The maximum Gasteiger partial charge on any atom is 0.128 e. The molecular formula is C16H14F2N2. The third kappa shape index (κ3) is 2.77. The Labute approximate surface area is 116 Å². The van der Waals surface area contributed by atoms with E-state index in [4.69, 9.17) is 5.26 Å². The second-order valence-electron chi connectivity index (χ2n) is 4.65. The van der Waals surface area contributed by atoms with Crippen molar-refractivity contribution in [1.29, 1.82) is 5.26 Å². The minimum Gasteiger partial charge on any atom is -0.377 e. The molecule has 0 saturated carbocycles. The van der Waals surface area contributed by atoms with E-state index < -0.39 is 17.7 Å². The van der Waals surface area contributed by atoms with Crippen LogP contribution in [0.1, 0.15) is 29.7 Å². The number of nitrogens with one attached hydrogen (secondary N) is 1. The summed E-state index contributed by atoms with van der Waals surface area (Å²) < 4.78 is 27.5. The third-order valence-corrected chi connectivity index (χ3v) is 3.16. The first-order valence-corrected chi connectivity index (χ1v) is 6.24. The Bertz CT molecular complexity index is 675. The van der Waals surface area contributed by atoms with Gasteiger partial charge in [0.25, 0.3) is 0 Å². The highest BCUT2D eigenvalue weighted by molar-refractivity contribution is 5.58. The first kappa shape index (κ1) is 14.0. The molecule has 1 N–H and O–H groups in total. The van der Waals surface area contributed by atoms with Crippen LogP contribution in [-0.2, 0) is 0 Å². The van der Waals surface area contributed by atoms with Gasteiger partial charge in [-0.1, -0.05) is 12.1 Å². The second-order valence-corrected chi connectivity index (χ2v) is 4.65. The van der Waals surface area contributed by atoms with Gasteiger partial charge in [-0.15, -0.1) is 0 Å². The normalized spacial score (nSPS) is 11.8. The zero-order valence-corrected chi connectivity index (χ0v) is 11.2. The number of nitriles is 1. The number of hydrogen-bond donors (Lipinski definition) is 1. The highest BCUT2D eigenvalue weighted by atomic mass is 19.1. The molecule has 0 aromatic heterocycles. The van der Waals surface area contributed by atoms with Crippen molar-refractivity contribution in [2.75, 3.05) is 5.32 Å². The largest absolute Gasteiger partial charge is 0.377 e. The van der Waals surface area contributed by atoms with Gasteiger partial charge in [-0.05, 0) is 43.7 Å². The van der Waals surface area contributed by atoms with E-state index in [-0.39, 0.29) is 11.1 Å². The first-order chi connectivity index (χ1) is 9.52. The average Bonchev–Trinajstić information content (AvgIpc) is 2.43. The predicted molar refractivity (Wildman–Crippen MR) is 74.3 cm³/mol. The molecule has 2 rings (SSSR count). The van der Waals surface area contributed by atoms with Crippen LogP contribution in [0.2, 0.25) is 0 Å². The molecule has 0 aliphatic heterocycles. The van der Waals surface area contributed by atoms with Gasteiger partial charge in [0.05, 0.1) is 17.3 Å². The number of nitrogens with zero attached hydrogens (tertiary/aromatic N) is 1. The fourth-order valence-electron chi connectivity index (χ4n) is 2.01. The van der Waals surface area contributed by atoms with Crippen molar-refractivity contribution < 1.29 is 8.78 Å². The summed E-state index contributed by atoms with van der Waals surface area (Å²) in [5.74, 6) is -0.901. The molecule has 0 radical (unpaired) electrons. The summed E-state index contributed by atoms with van der Waals surface area (Å²) in [4.78, 5) is 0. The summed E-state index contributed by atoms with van der Waals surface area (Å²) in [5, 5.41) is 12.0. The minimum absolute atomic E-state index is 0.237. The van der Waals surface area contributed by atoms with Crippen molar-refractivity contribution in [3.8, 4) is 6.07 Å². The van der Waals surface area contributed by atoms with Crippen LogP contribution < -0.4 is 5.32 Å². The lowest BCUT2D eigenvalue weighted by Crippen LogP contribution is -2.10. The minimum atomic E-state index is -0.460. The Balaban J connectivity index is 2.31. The molecule has 20 heavy (non-hydrogen) atoms. The lowest BCUT2D eigenvalue weighted by Gasteiger charge is -2.18. The Morgan fingerprint density at radius 2 is 1.85 bits per heavy atom. The van der Waals surface area contributed by atoms with Gasteiger partial charge in [-0.25, -0.2) is 8.78 Å². The summed E-state index contributed by atoms with van der Waals surface area (Å²) >= 11 is 0. The maximum atomic E-state index is 13.9. The van der Waals surface area contributed by atoms with Crippen molar-refractivity contribution >= 4 is 5.69 Å². The van der Waals surface area contributed by atoms with Crippen LogP contribution >= 0.6 is 0 Å². The number of rotatable bonds is 3. The SMILES string of the molecule is Cc1cc(F)c(C(C)Nc2ccccc2C#N)cc1F. The van der Waals surface area contributed by atoms with Gasteiger partial charge in [0.2, 0.25) is 0 Å². The highest BCUT2D eigenvalue weighted by Gasteiger charge is 2.14. The third-order valence-electron chi connectivity index (χ3n) is 3.16. The number of anilines is 1. The average molecular weight is 272 g/mol. The van der Waals surface area contributed by atoms with Gasteiger partial charge in [-0.2, -0.15) is 5.26 Å². The summed E-state index contributed by atoms with van der Waals surface area (Å²) in [5.41, 5.74) is 1.58. The monoisotopic (exact) mass is 272 g/mol. The quantitative estimate of drug-likeness (QED) is 0.903. The molecule has 0 bridgehead atoms. The van der Waals surface area contributed by atoms with Crippen LogP contribution in [0.5, 0.6) is 0 Å². The van der Waals surface area contributed by atoms with Crippen molar-refractivity contribution in [3.63, 3.8) is 0 Å². The van der Waals surface area contributed by atoms with Crippen LogP contribution in [0.4, 0.5) is 14.5 Å². The smallest absolute Gasteiger partial charge is 0.128 e. The molecule has 1 unspecified atom stereocenters. The molecule has 0 aliphatic rings. The van der Waals surface area contributed by atoms with E-state index in [2.05, 4.69) is 11.4 Å². The van der Waals surface area contributed by atoms with E-state index in [1.807, 2.05) is 0 Å². The second kappa shape index (κ2) is 5.70. The fourth-order valence-corrected chi connectivity index (χ4v) is 2.01. The Morgan fingerprint density at radius 3 is 2.55 bits per heavy atom. The van der Waals surface area contributed by atoms with E-state index in [9.17, 15) is 8.78 Å². The molecular weight excluding hydrogens is 258 g/mol.